The van der Waals surface area contributed by atoms with Gasteiger partial charge in [0.2, 0.25) is 0 Å². The lowest BCUT2D eigenvalue weighted by atomic mass is 10.2. The third-order valence-electron chi connectivity index (χ3n) is 4.29. The minimum absolute atomic E-state index is 0.311. The molecule has 130 valence electrons. The van der Waals surface area contributed by atoms with Crippen LogP contribution in [-0.2, 0) is 6.54 Å². The number of benzene rings is 2. The van der Waals surface area contributed by atoms with Gasteiger partial charge in [0.25, 0.3) is 5.91 Å². The molecule has 0 bridgehead atoms. The maximum Gasteiger partial charge on any atom is 0.345 e. The van der Waals surface area contributed by atoms with Crippen LogP contribution >= 0.6 is 11.6 Å². The first-order chi connectivity index (χ1) is 12.6. The topological polar surface area (TPSA) is 64.2 Å². The van der Waals surface area contributed by atoms with Crippen molar-refractivity contribution in [1.29, 1.82) is 0 Å². The number of fused-ring (bicyclic) bond motifs is 3. The SMILES string of the molecule is CCn1c(C(=O)Nc2cccc(Cl)c2)cc2c(=O)oc3ccccc3c21. The van der Waals surface area contributed by atoms with Gasteiger partial charge in [-0.1, -0.05) is 29.8 Å². The maximum atomic E-state index is 12.8. The van der Waals surface area contributed by atoms with E-state index in [1.807, 2.05) is 29.7 Å². The average molecular weight is 367 g/mol. The Morgan fingerprint density at radius 2 is 1.92 bits per heavy atom. The predicted molar refractivity (Wildman–Crippen MR) is 103 cm³/mol. The molecule has 0 radical (unpaired) electrons. The molecular formula is C20H15ClN2O3. The van der Waals surface area contributed by atoms with Gasteiger partial charge in [0.1, 0.15) is 11.3 Å². The van der Waals surface area contributed by atoms with E-state index < -0.39 is 5.63 Å². The van der Waals surface area contributed by atoms with Gasteiger partial charge in [0, 0.05) is 22.6 Å². The number of aryl methyl sites for hydroxylation is 1. The lowest BCUT2D eigenvalue weighted by Crippen LogP contribution is -2.16. The van der Waals surface area contributed by atoms with Crippen molar-refractivity contribution in [2.24, 2.45) is 0 Å². The highest BCUT2D eigenvalue weighted by Crippen LogP contribution is 2.26. The van der Waals surface area contributed by atoms with Crippen molar-refractivity contribution in [3.63, 3.8) is 0 Å². The standard InChI is InChI=1S/C20H15ClN2O3/c1-2-23-16(19(24)22-13-7-5-6-12(21)10-13)11-15-18(23)14-8-3-4-9-17(14)26-20(15)25/h3-11H,2H2,1H3,(H,22,24). The molecule has 5 nitrogen and oxygen atoms in total. The summed E-state index contributed by atoms with van der Waals surface area (Å²) >= 11 is 5.97. The van der Waals surface area contributed by atoms with E-state index in [-0.39, 0.29) is 5.91 Å². The summed E-state index contributed by atoms with van der Waals surface area (Å²) in [6.07, 6.45) is 0. The second kappa shape index (κ2) is 6.35. The van der Waals surface area contributed by atoms with Crippen LogP contribution in [0, 0.1) is 0 Å². The van der Waals surface area contributed by atoms with Crippen LogP contribution in [0.5, 0.6) is 0 Å². The zero-order valence-electron chi connectivity index (χ0n) is 14.0. The highest BCUT2D eigenvalue weighted by molar-refractivity contribution is 6.31. The maximum absolute atomic E-state index is 12.8. The Bertz CT molecular complexity index is 1210. The second-order valence-electron chi connectivity index (χ2n) is 5.89. The molecule has 0 atom stereocenters. The summed E-state index contributed by atoms with van der Waals surface area (Å²) in [5, 5.41) is 4.55. The summed E-state index contributed by atoms with van der Waals surface area (Å²) in [5.74, 6) is -0.311. The van der Waals surface area contributed by atoms with Gasteiger partial charge in [-0.05, 0) is 43.3 Å². The molecule has 0 aliphatic rings. The molecule has 0 unspecified atom stereocenters. The van der Waals surface area contributed by atoms with E-state index in [0.29, 0.717) is 39.4 Å². The third-order valence-corrected chi connectivity index (χ3v) is 4.53. The summed E-state index contributed by atoms with van der Waals surface area (Å²) in [6, 6.07) is 15.8. The molecule has 0 aliphatic heterocycles. The molecule has 1 amide bonds. The molecule has 0 aliphatic carbocycles. The minimum atomic E-state index is -0.456. The van der Waals surface area contributed by atoms with E-state index in [1.54, 1.807) is 36.4 Å². The van der Waals surface area contributed by atoms with E-state index in [0.717, 1.165) is 5.39 Å². The fourth-order valence-corrected chi connectivity index (χ4v) is 3.37. The Balaban J connectivity index is 1.90. The predicted octanol–water partition coefficient (Wildman–Crippen LogP) is 4.67. The molecule has 2 aromatic carbocycles. The summed E-state index contributed by atoms with van der Waals surface area (Å²) in [5.41, 5.74) is 1.73. The number of aromatic nitrogens is 1. The first kappa shape index (κ1) is 16.4. The van der Waals surface area contributed by atoms with Crippen LogP contribution in [0.4, 0.5) is 5.69 Å². The summed E-state index contributed by atoms with van der Waals surface area (Å²) in [4.78, 5) is 25.2. The Hall–Kier alpha value is -3.05. The van der Waals surface area contributed by atoms with Gasteiger partial charge < -0.3 is 14.3 Å². The van der Waals surface area contributed by atoms with Crippen LogP contribution in [0.1, 0.15) is 17.4 Å². The van der Waals surface area contributed by atoms with Crippen LogP contribution in [0.15, 0.2) is 63.8 Å². The lowest BCUT2D eigenvalue weighted by molar-refractivity contribution is 0.101. The van der Waals surface area contributed by atoms with E-state index in [9.17, 15) is 9.59 Å². The van der Waals surface area contributed by atoms with Crippen molar-refractivity contribution in [2.75, 3.05) is 5.32 Å². The number of carbonyl (C=O) groups is 1. The Morgan fingerprint density at radius 1 is 1.12 bits per heavy atom. The van der Waals surface area contributed by atoms with Crippen molar-refractivity contribution in [3.8, 4) is 0 Å². The van der Waals surface area contributed by atoms with Gasteiger partial charge in [0.15, 0.2) is 0 Å². The van der Waals surface area contributed by atoms with Gasteiger partial charge in [-0.2, -0.15) is 0 Å². The largest absolute Gasteiger partial charge is 0.422 e. The molecule has 26 heavy (non-hydrogen) atoms. The van der Waals surface area contributed by atoms with E-state index in [2.05, 4.69) is 5.32 Å². The number of amides is 1. The number of carbonyl (C=O) groups excluding carboxylic acids is 1. The molecular weight excluding hydrogens is 352 g/mol. The van der Waals surface area contributed by atoms with Crippen molar-refractivity contribution in [2.45, 2.75) is 13.5 Å². The number of anilines is 1. The number of para-hydroxylation sites is 1. The van der Waals surface area contributed by atoms with E-state index in [1.165, 1.54) is 0 Å². The molecule has 2 heterocycles. The van der Waals surface area contributed by atoms with Gasteiger partial charge in [-0.3, -0.25) is 4.79 Å². The Kier molecular flexibility index (Phi) is 4.01. The molecule has 0 saturated carbocycles. The zero-order valence-corrected chi connectivity index (χ0v) is 14.7. The Labute approximate surface area is 153 Å². The third kappa shape index (κ3) is 2.66. The summed E-state index contributed by atoms with van der Waals surface area (Å²) < 4.78 is 7.21. The fraction of sp³-hybridized carbons (Fsp3) is 0.100. The van der Waals surface area contributed by atoms with Crippen LogP contribution in [0.3, 0.4) is 0 Å². The second-order valence-corrected chi connectivity index (χ2v) is 6.32. The molecule has 4 aromatic rings. The molecule has 0 spiro atoms. The summed E-state index contributed by atoms with van der Waals surface area (Å²) in [6.45, 7) is 2.47. The molecule has 6 heteroatoms. The number of halogens is 1. The van der Waals surface area contributed by atoms with Crippen molar-refractivity contribution in [3.05, 3.63) is 75.7 Å². The van der Waals surface area contributed by atoms with Crippen molar-refractivity contribution >= 4 is 45.1 Å². The van der Waals surface area contributed by atoms with Crippen LogP contribution in [-0.4, -0.2) is 10.5 Å². The van der Waals surface area contributed by atoms with Gasteiger partial charge >= 0.3 is 5.63 Å². The zero-order chi connectivity index (χ0) is 18.3. The van der Waals surface area contributed by atoms with E-state index in [4.69, 9.17) is 16.0 Å². The number of hydrogen-bond acceptors (Lipinski definition) is 3. The molecule has 0 fully saturated rings. The van der Waals surface area contributed by atoms with E-state index >= 15 is 0 Å². The number of nitrogens with zero attached hydrogens (tertiary/aromatic N) is 1. The molecule has 1 N–H and O–H groups in total. The minimum Gasteiger partial charge on any atom is -0.422 e. The highest BCUT2D eigenvalue weighted by Gasteiger charge is 2.19. The Morgan fingerprint density at radius 3 is 2.69 bits per heavy atom. The van der Waals surface area contributed by atoms with Crippen LogP contribution < -0.4 is 10.9 Å². The monoisotopic (exact) mass is 366 g/mol. The molecule has 4 rings (SSSR count). The average Bonchev–Trinajstić information content (AvgIpc) is 3.02. The van der Waals surface area contributed by atoms with Crippen molar-refractivity contribution < 1.29 is 9.21 Å². The fourth-order valence-electron chi connectivity index (χ4n) is 3.18. The number of hydrogen-bond donors (Lipinski definition) is 1. The number of rotatable bonds is 3. The lowest BCUT2D eigenvalue weighted by Gasteiger charge is -2.10. The molecule has 2 aromatic heterocycles. The first-order valence-electron chi connectivity index (χ1n) is 8.20. The van der Waals surface area contributed by atoms with Gasteiger partial charge in [-0.15, -0.1) is 0 Å². The summed E-state index contributed by atoms with van der Waals surface area (Å²) in [7, 11) is 0. The quantitative estimate of drug-likeness (QED) is 0.536. The number of nitrogens with one attached hydrogen (secondary N) is 1. The smallest absolute Gasteiger partial charge is 0.345 e. The molecule has 0 saturated heterocycles. The first-order valence-corrected chi connectivity index (χ1v) is 8.58. The normalized spacial score (nSPS) is 11.2. The van der Waals surface area contributed by atoms with Crippen LogP contribution in [0.25, 0.3) is 21.9 Å². The van der Waals surface area contributed by atoms with Crippen LogP contribution in [0.2, 0.25) is 5.02 Å². The van der Waals surface area contributed by atoms with Gasteiger partial charge in [-0.25, -0.2) is 4.79 Å². The van der Waals surface area contributed by atoms with Crippen molar-refractivity contribution in [1.82, 2.24) is 4.57 Å². The highest BCUT2D eigenvalue weighted by atomic mass is 35.5. The van der Waals surface area contributed by atoms with Gasteiger partial charge in [0.05, 0.1) is 10.9 Å².